The van der Waals surface area contributed by atoms with Crippen LogP contribution in [0.25, 0.3) is 0 Å². The molecule has 0 aromatic rings. The summed E-state index contributed by atoms with van der Waals surface area (Å²) in [6, 6.07) is -1.13. The molecule has 1 atom stereocenters. The van der Waals surface area contributed by atoms with Crippen LogP contribution in [0.1, 0.15) is 0 Å². The summed E-state index contributed by atoms with van der Waals surface area (Å²) in [5, 5.41) is 38.7. The summed E-state index contributed by atoms with van der Waals surface area (Å²) < 4.78 is 4.02. The molecule has 0 spiro atoms. The summed E-state index contributed by atoms with van der Waals surface area (Å²) in [6.45, 7) is -1.94. The Balaban J connectivity index is -0.0000000932. The number of carbonyl (C=O) groups is 6. The van der Waals surface area contributed by atoms with Crippen molar-refractivity contribution in [2.75, 3.05) is 39.3 Å². The van der Waals surface area contributed by atoms with E-state index in [9.17, 15) is 28.8 Å². The molecule has 0 aliphatic carbocycles. The van der Waals surface area contributed by atoms with Gasteiger partial charge in [0.15, 0.2) is 0 Å². The summed E-state index contributed by atoms with van der Waals surface area (Å²) in [5.74, 6) is -5.60. The van der Waals surface area contributed by atoms with Crippen LogP contribution in [0.15, 0.2) is 0 Å². The second-order valence-corrected chi connectivity index (χ2v) is 4.18. The third-order valence-corrected chi connectivity index (χ3v) is 1.60. The maximum absolute atomic E-state index is 10.2. The quantitative estimate of drug-likeness (QED) is 0.123. The molecular weight excluding hydrogens is 432 g/mol. The Morgan fingerprint density at radius 1 is 0.613 bits per heavy atom. The van der Waals surface area contributed by atoms with E-state index in [0.29, 0.717) is 0 Å². The summed E-state index contributed by atoms with van der Waals surface area (Å²) in [7, 11) is 0. The molecular formula is C13H30N6O12. The molecule has 0 aliphatic rings. The van der Waals surface area contributed by atoms with E-state index in [1.807, 2.05) is 0 Å². The highest BCUT2D eigenvalue weighted by atomic mass is 16.6. The predicted molar refractivity (Wildman–Crippen MR) is 102 cm³/mol. The van der Waals surface area contributed by atoms with Crippen LogP contribution in [0.4, 0.5) is 0 Å². The molecule has 18 nitrogen and oxygen atoms in total. The van der Waals surface area contributed by atoms with Crippen molar-refractivity contribution in [2.24, 2.45) is 34.4 Å². The van der Waals surface area contributed by atoms with Crippen molar-refractivity contribution >= 4 is 35.8 Å². The minimum atomic E-state index is -1.18. The number of carbonyl (C=O) groups excluding carboxylic acids is 2. The van der Waals surface area contributed by atoms with Gasteiger partial charge in [0.2, 0.25) is 0 Å². The number of nitrogens with two attached hydrogens (primary N) is 6. The molecule has 17 N–H and O–H groups in total. The third kappa shape index (κ3) is 58.4. The summed E-state index contributed by atoms with van der Waals surface area (Å²) in [4.78, 5) is 57.7. The Morgan fingerprint density at radius 3 is 0.903 bits per heavy atom. The molecule has 0 aliphatic heterocycles. The smallest absolute Gasteiger partial charge is 0.327 e. The summed E-state index contributed by atoms with van der Waals surface area (Å²) >= 11 is 0. The molecule has 0 aromatic heterocycles. The SMILES string of the molecule is NCC(=O)O.NCC(=O)O.NCC(=O)O.NCC(=O)OC(=O)CN.N[C@@H](CO)C(=O)O. The first-order valence-corrected chi connectivity index (χ1v) is 7.68. The van der Waals surface area contributed by atoms with Gasteiger partial charge in [-0.3, -0.25) is 28.8 Å². The molecule has 0 saturated heterocycles. The van der Waals surface area contributed by atoms with Crippen LogP contribution in [0, 0.1) is 0 Å². The second-order valence-electron chi connectivity index (χ2n) is 4.18. The Bertz CT molecular complexity index is 484. The van der Waals surface area contributed by atoms with Gasteiger partial charge in [0.1, 0.15) is 6.04 Å². The average molecular weight is 462 g/mol. The monoisotopic (exact) mass is 462 g/mol. The van der Waals surface area contributed by atoms with Crippen molar-refractivity contribution in [3.05, 3.63) is 0 Å². The number of hydrogen-bond acceptors (Lipinski definition) is 14. The Kier molecular flexibility index (Phi) is 35.8. The van der Waals surface area contributed by atoms with E-state index in [4.69, 9.17) is 42.7 Å². The zero-order valence-electron chi connectivity index (χ0n) is 16.4. The number of carboxylic acids is 4. The first kappa shape index (κ1) is 38.4. The van der Waals surface area contributed by atoms with Gasteiger partial charge in [0.05, 0.1) is 39.3 Å². The first-order chi connectivity index (χ1) is 14.2. The van der Waals surface area contributed by atoms with Gasteiger partial charge in [-0.2, -0.15) is 0 Å². The van der Waals surface area contributed by atoms with Gasteiger partial charge in [0, 0.05) is 0 Å². The van der Waals surface area contributed by atoms with Gasteiger partial charge in [-0.25, -0.2) is 0 Å². The van der Waals surface area contributed by atoms with Crippen LogP contribution in [0.5, 0.6) is 0 Å². The average Bonchev–Trinajstić information content (AvgIpc) is 2.74. The number of hydrogen-bond donors (Lipinski definition) is 11. The maximum Gasteiger partial charge on any atom is 0.327 e. The fraction of sp³-hybridized carbons (Fsp3) is 0.538. The van der Waals surface area contributed by atoms with Gasteiger partial charge in [-0.1, -0.05) is 0 Å². The molecule has 0 bridgehead atoms. The molecule has 184 valence electrons. The van der Waals surface area contributed by atoms with E-state index in [2.05, 4.69) is 21.9 Å². The molecule has 0 radical (unpaired) electrons. The lowest BCUT2D eigenvalue weighted by Crippen LogP contribution is -2.33. The number of carboxylic acid groups (broad SMARTS) is 4. The van der Waals surface area contributed by atoms with Crippen molar-refractivity contribution in [3.8, 4) is 0 Å². The molecule has 0 heterocycles. The molecule has 0 saturated carbocycles. The number of esters is 2. The largest absolute Gasteiger partial charge is 0.480 e. The molecule has 18 heteroatoms. The molecule has 0 rings (SSSR count). The van der Waals surface area contributed by atoms with Crippen molar-refractivity contribution in [3.63, 3.8) is 0 Å². The van der Waals surface area contributed by atoms with Crippen molar-refractivity contribution < 1.29 is 59.0 Å². The van der Waals surface area contributed by atoms with Crippen LogP contribution in [-0.4, -0.2) is 107 Å². The highest BCUT2D eigenvalue weighted by Crippen LogP contribution is 1.74. The maximum atomic E-state index is 10.2. The fourth-order valence-electron chi connectivity index (χ4n) is 0.288. The molecule has 0 aromatic carbocycles. The zero-order valence-corrected chi connectivity index (χ0v) is 16.4. The number of aliphatic hydroxyl groups is 1. The van der Waals surface area contributed by atoms with Crippen molar-refractivity contribution in [1.29, 1.82) is 0 Å². The highest BCUT2D eigenvalue weighted by molar-refractivity contribution is 5.87. The van der Waals surface area contributed by atoms with Gasteiger partial charge in [-0.15, -0.1) is 0 Å². The van der Waals surface area contributed by atoms with Crippen LogP contribution in [0.3, 0.4) is 0 Å². The topological polar surface area (TPSA) is 369 Å². The second kappa shape index (κ2) is 28.9. The van der Waals surface area contributed by atoms with Crippen LogP contribution < -0.4 is 34.4 Å². The van der Waals surface area contributed by atoms with E-state index in [1.54, 1.807) is 0 Å². The van der Waals surface area contributed by atoms with Crippen LogP contribution >= 0.6 is 0 Å². The van der Waals surface area contributed by atoms with Crippen molar-refractivity contribution in [2.45, 2.75) is 6.04 Å². The minimum absolute atomic E-state index is 0.278. The molecule has 31 heavy (non-hydrogen) atoms. The van der Waals surface area contributed by atoms with Gasteiger partial charge in [-0.05, 0) is 0 Å². The summed E-state index contributed by atoms with van der Waals surface area (Å²) in [6.07, 6.45) is 0. The van der Waals surface area contributed by atoms with E-state index in [-0.39, 0.29) is 32.7 Å². The number of ether oxygens (including phenoxy) is 1. The lowest BCUT2D eigenvalue weighted by molar-refractivity contribution is -0.157. The minimum Gasteiger partial charge on any atom is -0.480 e. The lowest BCUT2D eigenvalue weighted by Gasteiger charge is -1.96. The third-order valence-electron chi connectivity index (χ3n) is 1.60. The number of aliphatic hydroxyl groups excluding tert-OH is 1. The fourth-order valence-corrected chi connectivity index (χ4v) is 0.288. The summed E-state index contributed by atoms with van der Waals surface area (Å²) in [5.41, 5.74) is 28.1. The Morgan fingerprint density at radius 2 is 0.839 bits per heavy atom. The van der Waals surface area contributed by atoms with Gasteiger partial charge >= 0.3 is 35.8 Å². The number of rotatable bonds is 7. The first-order valence-electron chi connectivity index (χ1n) is 7.68. The van der Waals surface area contributed by atoms with E-state index in [0.717, 1.165) is 0 Å². The van der Waals surface area contributed by atoms with Gasteiger partial charge in [0.25, 0.3) is 0 Å². The Labute approximate surface area is 175 Å². The highest BCUT2D eigenvalue weighted by Gasteiger charge is 2.07. The van der Waals surface area contributed by atoms with Crippen molar-refractivity contribution in [1.82, 2.24) is 0 Å². The molecule has 0 amide bonds. The van der Waals surface area contributed by atoms with Gasteiger partial charge < -0.3 is 64.7 Å². The van der Waals surface area contributed by atoms with Crippen LogP contribution in [-0.2, 0) is 33.5 Å². The van der Waals surface area contributed by atoms with Crippen LogP contribution in [0.2, 0.25) is 0 Å². The zero-order chi connectivity index (χ0) is 26.0. The molecule has 0 fully saturated rings. The molecule has 0 unspecified atom stereocenters. The normalized spacial score (nSPS) is 9.13. The predicted octanol–water partition coefficient (Wildman–Crippen LogP) is -6.55. The lowest BCUT2D eigenvalue weighted by atomic mass is 10.3. The Hall–Kier alpha value is -3.26. The van der Waals surface area contributed by atoms with E-state index >= 15 is 0 Å². The number of aliphatic carboxylic acids is 4. The standard InChI is InChI=1S/C4H8N2O3.C3H7NO3.3C2H5NO2/c5-1-3(7)9-4(8)2-6;4-2(1-5)3(6)7;3*3-1-2(4)5/h1-2,5-6H2;2,5H,1,4H2,(H,6,7);3*1,3H2,(H,4,5)/t;2-;;;/m.0.../s1. The van der Waals surface area contributed by atoms with E-state index < -0.39 is 48.5 Å². The van der Waals surface area contributed by atoms with E-state index in [1.165, 1.54) is 0 Å².